The van der Waals surface area contributed by atoms with Gasteiger partial charge in [0.15, 0.2) is 0 Å². The molecular formula is C24H27NO4. The predicted molar refractivity (Wildman–Crippen MR) is 110 cm³/mol. The number of esters is 1. The maximum absolute atomic E-state index is 11.8. The highest BCUT2D eigenvalue weighted by Crippen LogP contribution is 2.44. The molecule has 0 N–H and O–H groups in total. The zero-order valence-electron chi connectivity index (χ0n) is 17.0. The molecule has 1 fully saturated rings. The molecule has 1 aromatic heterocycles. The molecule has 0 radical (unpaired) electrons. The Hall–Kier alpha value is -2.82. The van der Waals surface area contributed by atoms with E-state index in [4.69, 9.17) is 13.9 Å². The van der Waals surface area contributed by atoms with Crippen LogP contribution in [0.1, 0.15) is 44.1 Å². The Kier molecular flexibility index (Phi) is 5.84. The molecular weight excluding hydrogens is 366 g/mol. The van der Waals surface area contributed by atoms with Crippen LogP contribution < -0.4 is 0 Å². The van der Waals surface area contributed by atoms with Gasteiger partial charge in [-0.25, -0.2) is 4.98 Å². The summed E-state index contributed by atoms with van der Waals surface area (Å²) >= 11 is 0. The molecule has 1 unspecified atom stereocenters. The lowest BCUT2D eigenvalue weighted by Gasteiger charge is -2.21. The van der Waals surface area contributed by atoms with Gasteiger partial charge in [-0.2, -0.15) is 0 Å². The minimum Gasteiger partial charge on any atom is -0.491 e. The van der Waals surface area contributed by atoms with Crippen LogP contribution >= 0.6 is 0 Å². The highest BCUT2D eigenvalue weighted by molar-refractivity contribution is 5.70. The van der Waals surface area contributed by atoms with Crippen molar-refractivity contribution in [3.8, 4) is 11.5 Å². The van der Waals surface area contributed by atoms with Crippen LogP contribution in [0.15, 0.2) is 58.2 Å². The first-order valence-corrected chi connectivity index (χ1v) is 10.3. The van der Waals surface area contributed by atoms with Gasteiger partial charge in [-0.1, -0.05) is 29.8 Å². The number of hydrogen-bond acceptors (Lipinski definition) is 5. The van der Waals surface area contributed by atoms with Crippen LogP contribution in [-0.2, 0) is 20.9 Å². The number of benzene rings is 1. The Labute approximate surface area is 171 Å². The fraction of sp³-hybridized carbons (Fsp3) is 0.417. The molecule has 1 aromatic carbocycles. The van der Waals surface area contributed by atoms with E-state index >= 15 is 0 Å². The van der Waals surface area contributed by atoms with Gasteiger partial charge in [0.2, 0.25) is 5.89 Å². The summed E-state index contributed by atoms with van der Waals surface area (Å²) in [5.74, 6) is 3.06. The number of rotatable bonds is 7. The number of ether oxygens (including phenoxy) is 2. The monoisotopic (exact) mass is 393 g/mol. The van der Waals surface area contributed by atoms with E-state index in [0.29, 0.717) is 37.4 Å². The molecule has 2 aromatic rings. The average molecular weight is 393 g/mol. The Morgan fingerprint density at radius 2 is 2.03 bits per heavy atom. The SMILES string of the molecule is CCOC(=O)C[C@@H]1CCC2CC(OCc3nc(-c4ccccc4)oc3C)=CC=C21. The number of fused-ring (bicyclic) bond motifs is 1. The van der Waals surface area contributed by atoms with E-state index in [2.05, 4.69) is 11.1 Å². The van der Waals surface area contributed by atoms with Gasteiger partial charge in [-0.15, -0.1) is 0 Å². The number of oxazole rings is 1. The summed E-state index contributed by atoms with van der Waals surface area (Å²) in [6, 6.07) is 9.88. The van der Waals surface area contributed by atoms with Gasteiger partial charge in [0.1, 0.15) is 18.1 Å². The van der Waals surface area contributed by atoms with Gasteiger partial charge < -0.3 is 13.9 Å². The molecule has 0 aliphatic heterocycles. The third-order valence-corrected chi connectivity index (χ3v) is 5.74. The van der Waals surface area contributed by atoms with Gasteiger partial charge in [0, 0.05) is 12.0 Å². The number of allylic oxidation sites excluding steroid dienone is 4. The van der Waals surface area contributed by atoms with E-state index in [1.807, 2.05) is 50.3 Å². The van der Waals surface area contributed by atoms with E-state index in [1.165, 1.54) is 5.57 Å². The van der Waals surface area contributed by atoms with Crippen molar-refractivity contribution in [2.75, 3.05) is 6.61 Å². The number of nitrogens with zero attached hydrogens (tertiary/aromatic N) is 1. The second-order valence-electron chi connectivity index (χ2n) is 7.66. The summed E-state index contributed by atoms with van der Waals surface area (Å²) in [5, 5.41) is 0. The molecule has 152 valence electrons. The van der Waals surface area contributed by atoms with Crippen molar-refractivity contribution >= 4 is 5.97 Å². The second kappa shape index (κ2) is 8.68. The van der Waals surface area contributed by atoms with E-state index in [-0.39, 0.29) is 5.97 Å². The number of hydrogen-bond donors (Lipinski definition) is 0. The van der Waals surface area contributed by atoms with Gasteiger partial charge in [0.25, 0.3) is 0 Å². The number of carbonyl (C=O) groups is 1. The summed E-state index contributed by atoms with van der Waals surface area (Å²) in [6.07, 6.45) is 7.69. The quantitative estimate of drug-likeness (QED) is 0.593. The molecule has 2 aliphatic carbocycles. The third kappa shape index (κ3) is 4.44. The third-order valence-electron chi connectivity index (χ3n) is 5.74. The summed E-state index contributed by atoms with van der Waals surface area (Å²) in [7, 11) is 0. The van der Waals surface area contributed by atoms with Crippen LogP contribution in [0.5, 0.6) is 0 Å². The Morgan fingerprint density at radius 3 is 2.83 bits per heavy atom. The van der Waals surface area contributed by atoms with Crippen molar-refractivity contribution in [3.05, 3.63) is 65.3 Å². The van der Waals surface area contributed by atoms with Gasteiger partial charge in [0.05, 0.1) is 18.8 Å². The van der Waals surface area contributed by atoms with Gasteiger partial charge in [-0.3, -0.25) is 4.79 Å². The van der Waals surface area contributed by atoms with Crippen molar-refractivity contribution < 1.29 is 18.7 Å². The lowest BCUT2D eigenvalue weighted by atomic mass is 9.88. The smallest absolute Gasteiger partial charge is 0.306 e. The Balaban J connectivity index is 1.38. The fourth-order valence-electron chi connectivity index (χ4n) is 4.24. The number of carbonyl (C=O) groups excluding carboxylic acids is 1. The highest BCUT2D eigenvalue weighted by atomic mass is 16.5. The van der Waals surface area contributed by atoms with Crippen molar-refractivity contribution in [1.82, 2.24) is 4.98 Å². The van der Waals surface area contributed by atoms with Crippen LogP contribution in [0, 0.1) is 18.8 Å². The first kappa shape index (κ1) is 19.5. The molecule has 0 saturated heterocycles. The average Bonchev–Trinajstić information content (AvgIpc) is 3.30. The zero-order chi connectivity index (χ0) is 20.2. The molecule has 5 heteroatoms. The van der Waals surface area contributed by atoms with Crippen LogP contribution in [0.2, 0.25) is 0 Å². The number of aryl methyl sites for hydroxylation is 1. The molecule has 0 amide bonds. The lowest BCUT2D eigenvalue weighted by molar-refractivity contribution is -0.143. The van der Waals surface area contributed by atoms with Crippen LogP contribution in [0.4, 0.5) is 0 Å². The normalized spacial score (nSPS) is 20.6. The standard InChI is InChI=1S/C24H27NO4/c1-3-27-23(26)14-19-10-9-18-13-20(11-12-21(18)19)28-15-22-16(2)29-24(25-22)17-7-5-4-6-8-17/h4-8,11-12,18-19H,3,9-10,13-15H2,1-2H3/t18?,19-/m0/s1. The Bertz CT molecular complexity index is 926. The van der Waals surface area contributed by atoms with Crippen molar-refractivity contribution in [3.63, 3.8) is 0 Å². The van der Waals surface area contributed by atoms with Crippen LogP contribution in [0.25, 0.3) is 11.5 Å². The summed E-state index contributed by atoms with van der Waals surface area (Å²) in [6.45, 7) is 4.61. The second-order valence-corrected chi connectivity index (χ2v) is 7.66. The largest absolute Gasteiger partial charge is 0.491 e. The molecule has 0 spiro atoms. The van der Waals surface area contributed by atoms with Crippen LogP contribution in [-0.4, -0.2) is 17.6 Å². The molecule has 0 bridgehead atoms. The minimum atomic E-state index is -0.0965. The Morgan fingerprint density at radius 1 is 1.21 bits per heavy atom. The summed E-state index contributed by atoms with van der Waals surface area (Å²) < 4.78 is 17.0. The summed E-state index contributed by atoms with van der Waals surface area (Å²) in [5.41, 5.74) is 3.16. The van der Waals surface area contributed by atoms with Gasteiger partial charge >= 0.3 is 5.97 Å². The highest BCUT2D eigenvalue weighted by Gasteiger charge is 2.34. The molecule has 1 heterocycles. The van der Waals surface area contributed by atoms with Gasteiger partial charge in [-0.05, 0) is 56.7 Å². The predicted octanol–water partition coefficient (Wildman–Crippen LogP) is 5.36. The summed E-state index contributed by atoms with van der Waals surface area (Å²) in [4.78, 5) is 16.4. The van der Waals surface area contributed by atoms with E-state index in [0.717, 1.165) is 42.0 Å². The molecule has 4 rings (SSSR count). The molecule has 1 saturated carbocycles. The number of aromatic nitrogens is 1. The van der Waals surface area contributed by atoms with Crippen molar-refractivity contribution in [2.24, 2.45) is 11.8 Å². The zero-order valence-corrected chi connectivity index (χ0v) is 17.0. The van der Waals surface area contributed by atoms with Crippen molar-refractivity contribution in [1.29, 1.82) is 0 Å². The topological polar surface area (TPSA) is 61.6 Å². The first-order valence-electron chi connectivity index (χ1n) is 10.3. The maximum Gasteiger partial charge on any atom is 0.306 e. The van der Waals surface area contributed by atoms with E-state index in [1.54, 1.807) is 0 Å². The maximum atomic E-state index is 11.8. The molecule has 2 aliphatic rings. The lowest BCUT2D eigenvalue weighted by Crippen LogP contribution is -2.14. The molecule has 5 nitrogen and oxygen atoms in total. The fourth-order valence-corrected chi connectivity index (χ4v) is 4.24. The molecule has 29 heavy (non-hydrogen) atoms. The first-order chi connectivity index (χ1) is 14.1. The molecule has 2 atom stereocenters. The van der Waals surface area contributed by atoms with E-state index in [9.17, 15) is 4.79 Å². The van der Waals surface area contributed by atoms with E-state index < -0.39 is 0 Å². The van der Waals surface area contributed by atoms with Crippen molar-refractivity contribution in [2.45, 2.75) is 46.1 Å². The van der Waals surface area contributed by atoms with Crippen LogP contribution in [0.3, 0.4) is 0 Å². The minimum absolute atomic E-state index is 0.0965.